The minimum Gasteiger partial charge on any atom is -0.206 e. The first-order chi connectivity index (χ1) is 4.20. The van der Waals surface area contributed by atoms with Crippen molar-refractivity contribution in [2.45, 2.75) is 4.90 Å². The van der Waals surface area contributed by atoms with E-state index in [0.717, 1.165) is 4.47 Å². The Hall–Kier alpha value is -0.0200. The van der Waals surface area contributed by atoms with Gasteiger partial charge in [-0.25, -0.2) is 4.39 Å². The lowest BCUT2D eigenvalue weighted by Gasteiger charge is -1.92. The molecular formula is C6H4BrFS. The summed E-state index contributed by atoms with van der Waals surface area (Å²) in [6.07, 6.45) is 0. The quantitative estimate of drug-likeness (QED) is 0.621. The summed E-state index contributed by atoms with van der Waals surface area (Å²) in [5, 5.41) is 0. The molecule has 0 saturated carbocycles. The summed E-state index contributed by atoms with van der Waals surface area (Å²) in [6, 6.07) is 4.72. The summed E-state index contributed by atoms with van der Waals surface area (Å²) in [7, 11) is 0. The maximum absolute atomic E-state index is 12.5. The van der Waals surface area contributed by atoms with Gasteiger partial charge in [0.25, 0.3) is 0 Å². The highest BCUT2D eigenvalue weighted by Crippen LogP contribution is 2.17. The molecule has 9 heavy (non-hydrogen) atoms. The van der Waals surface area contributed by atoms with Crippen molar-refractivity contribution in [1.82, 2.24) is 0 Å². The first-order valence-corrected chi connectivity index (χ1v) is 3.58. The maximum atomic E-state index is 12.5. The van der Waals surface area contributed by atoms with E-state index in [9.17, 15) is 4.39 Å². The Morgan fingerprint density at radius 2 is 2.11 bits per heavy atom. The molecule has 0 amide bonds. The predicted molar refractivity (Wildman–Crippen MR) is 41.4 cm³/mol. The summed E-state index contributed by atoms with van der Waals surface area (Å²) in [5.41, 5.74) is 0. The van der Waals surface area contributed by atoms with E-state index in [1.165, 1.54) is 6.07 Å². The van der Waals surface area contributed by atoms with Crippen molar-refractivity contribution in [3.8, 4) is 0 Å². The summed E-state index contributed by atoms with van der Waals surface area (Å²) in [4.78, 5) is 0.373. The molecule has 1 aromatic carbocycles. The smallest absolute Gasteiger partial charge is 0.137 e. The maximum Gasteiger partial charge on any atom is 0.137 e. The van der Waals surface area contributed by atoms with Gasteiger partial charge < -0.3 is 0 Å². The van der Waals surface area contributed by atoms with Crippen molar-refractivity contribution >= 4 is 28.6 Å². The van der Waals surface area contributed by atoms with Crippen molar-refractivity contribution < 1.29 is 4.39 Å². The Morgan fingerprint density at radius 3 is 2.56 bits per heavy atom. The Morgan fingerprint density at radius 1 is 1.44 bits per heavy atom. The van der Waals surface area contributed by atoms with Crippen LogP contribution < -0.4 is 0 Å². The predicted octanol–water partition coefficient (Wildman–Crippen LogP) is 2.88. The largest absolute Gasteiger partial charge is 0.206 e. The van der Waals surface area contributed by atoms with Crippen molar-refractivity contribution in [3.63, 3.8) is 0 Å². The molecule has 3 heteroatoms. The standard InChI is InChI=1S/C6H4BrFS/c7-4-1-2-6(9)5(8)3-4/h1-3,9H. The zero-order valence-corrected chi connectivity index (χ0v) is 6.92. The van der Waals surface area contributed by atoms with Gasteiger partial charge in [0, 0.05) is 9.37 Å². The molecule has 1 aromatic rings. The first-order valence-electron chi connectivity index (χ1n) is 2.34. The van der Waals surface area contributed by atoms with Gasteiger partial charge in [-0.2, -0.15) is 0 Å². The summed E-state index contributed by atoms with van der Waals surface area (Å²) in [5.74, 6) is -0.298. The van der Waals surface area contributed by atoms with Crippen LogP contribution in [0.3, 0.4) is 0 Å². The zero-order chi connectivity index (χ0) is 6.85. The highest BCUT2D eigenvalue weighted by molar-refractivity contribution is 9.10. The Kier molecular flexibility index (Phi) is 2.13. The van der Waals surface area contributed by atoms with Crippen LogP contribution in [0.1, 0.15) is 0 Å². The number of halogens is 2. The molecule has 0 aliphatic rings. The molecule has 0 nitrogen and oxygen atoms in total. The second kappa shape index (κ2) is 2.71. The summed E-state index contributed by atoms with van der Waals surface area (Å²) in [6.45, 7) is 0. The van der Waals surface area contributed by atoms with Gasteiger partial charge in [0.05, 0.1) is 0 Å². The third-order valence-corrected chi connectivity index (χ3v) is 1.77. The van der Waals surface area contributed by atoms with Gasteiger partial charge in [-0.15, -0.1) is 12.6 Å². The number of benzene rings is 1. The van der Waals surface area contributed by atoms with Crippen LogP contribution in [0, 0.1) is 5.82 Å². The van der Waals surface area contributed by atoms with Crippen molar-refractivity contribution in [2.24, 2.45) is 0 Å². The van der Waals surface area contributed by atoms with E-state index >= 15 is 0 Å². The van der Waals surface area contributed by atoms with E-state index in [-0.39, 0.29) is 5.82 Å². The monoisotopic (exact) mass is 206 g/mol. The summed E-state index contributed by atoms with van der Waals surface area (Å²) < 4.78 is 13.2. The van der Waals surface area contributed by atoms with Gasteiger partial charge in [0.15, 0.2) is 0 Å². The van der Waals surface area contributed by atoms with E-state index in [1.54, 1.807) is 12.1 Å². The molecule has 0 fully saturated rings. The van der Waals surface area contributed by atoms with Crippen LogP contribution in [0.4, 0.5) is 4.39 Å². The van der Waals surface area contributed by atoms with Crippen LogP contribution in [0.15, 0.2) is 27.6 Å². The molecule has 0 heterocycles. The molecule has 0 bridgehead atoms. The third-order valence-electron chi connectivity index (χ3n) is 0.910. The molecule has 0 atom stereocenters. The van der Waals surface area contributed by atoms with E-state index < -0.39 is 0 Å². The summed E-state index contributed by atoms with van der Waals surface area (Å²) >= 11 is 6.97. The molecule has 0 aliphatic heterocycles. The third kappa shape index (κ3) is 1.69. The molecule has 1 rings (SSSR count). The van der Waals surface area contributed by atoms with Gasteiger partial charge in [-0.3, -0.25) is 0 Å². The number of thiol groups is 1. The fourth-order valence-corrected chi connectivity index (χ4v) is 0.954. The second-order valence-electron chi connectivity index (χ2n) is 1.60. The van der Waals surface area contributed by atoms with E-state index in [2.05, 4.69) is 28.6 Å². The van der Waals surface area contributed by atoms with Gasteiger partial charge >= 0.3 is 0 Å². The second-order valence-corrected chi connectivity index (χ2v) is 2.99. The minimum atomic E-state index is -0.298. The molecule has 0 radical (unpaired) electrons. The lowest BCUT2D eigenvalue weighted by Crippen LogP contribution is -1.74. The molecular weight excluding hydrogens is 203 g/mol. The number of rotatable bonds is 0. The normalized spacial score (nSPS) is 9.67. The van der Waals surface area contributed by atoms with Crippen LogP contribution in [-0.4, -0.2) is 0 Å². The van der Waals surface area contributed by atoms with Crippen molar-refractivity contribution in [3.05, 3.63) is 28.5 Å². The van der Waals surface area contributed by atoms with Crippen molar-refractivity contribution in [2.75, 3.05) is 0 Å². The van der Waals surface area contributed by atoms with Crippen LogP contribution in [0.25, 0.3) is 0 Å². The average molecular weight is 207 g/mol. The van der Waals surface area contributed by atoms with E-state index in [1.807, 2.05) is 0 Å². The molecule has 0 saturated heterocycles. The molecule has 0 aliphatic carbocycles. The Labute approximate surface area is 66.6 Å². The van der Waals surface area contributed by atoms with Crippen LogP contribution in [0.5, 0.6) is 0 Å². The van der Waals surface area contributed by atoms with Gasteiger partial charge in [0.1, 0.15) is 5.82 Å². The lowest BCUT2D eigenvalue weighted by molar-refractivity contribution is 0.601. The number of hydrogen-bond acceptors (Lipinski definition) is 1. The highest BCUT2D eigenvalue weighted by atomic mass is 79.9. The van der Waals surface area contributed by atoms with Crippen LogP contribution in [-0.2, 0) is 0 Å². The molecule has 48 valence electrons. The fourth-order valence-electron chi connectivity index (χ4n) is 0.481. The molecule has 0 N–H and O–H groups in total. The Balaban J connectivity index is 3.17. The minimum absolute atomic E-state index is 0.298. The average Bonchev–Trinajstić information content (AvgIpc) is 1.80. The molecule has 0 spiro atoms. The lowest BCUT2D eigenvalue weighted by atomic mass is 10.3. The van der Waals surface area contributed by atoms with Gasteiger partial charge in [0.2, 0.25) is 0 Å². The highest BCUT2D eigenvalue weighted by Gasteiger charge is 1.95. The van der Waals surface area contributed by atoms with Gasteiger partial charge in [-0.1, -0.05) is 15.9 Å². The fraction of sp³-hybridized carbons (Fsp3) is 0. The topological polar surface area (TPSA) is 0 Å². The van der Waals surface area contributed by atoms with Crippen molar-refractivity contribution in [1.29, 1.82) is 0 Å². The first kappa shape index (κ1) is 7.09. The zero-order valence-electron chi connectivity index (χ0n) is 4.44. The van der Waals surface area contributed by atoms with Crippen LogP contribution in [0.2, 0.25) is 0 Å². The Bertz CT molecular complexity index is 224. The van der Waals surface area contributed by atoms with Gasteiger partial charge in [-0.05, 0) is 18.2 Å². The van der Waals surface area contributed by atoms with E-state index in [4.69, 9.17) is 0 Å². The molecule has 0 aromatic heterocycles. The number of hydrogen-bond donors (Lipinski definition) is 1. The SMILES string of the molecule is Fc1cc(Br)ccc1S. The van der Waals surface area contributed by atoms with E-state index in [0.29, 0.717) is 4.90 Å². The van der Waals surface area contributed by atoms with Crippen LogP contribution >= 0.6 is 28.6 Å². The molecule has 0 unspecified atom stereocenters.